The van der Waals surface area contributed by atoms with Gasteiger partial charge in [0.15, 0.2) is 0 Å². The van der Waals surface area contributed by atoms with Gasteiger partial charge in [-0.05, 0) is 50.2 Å². The van der Waals surface area contributed by atoms with E-state index in [-0.39, 0.29) is 5.82 Å². The van der Waals surface area contributed by atoms with E-state index in [4.69, 9.17) is 16.6 Å². The van der Waals surface area contributed by atoms with E-state index in [0.29, 0.717) is 34.9 Å². The van der Waals surface area contributed by atoms with Gasteiger partial charge in [-0.15, -0.1) is 0 Å². The number of halogens is 2. The average molecular weight is 462 g/mol. The van der Waals surface area contributed by atoms with Crippen molar-refractivity contribution in [3.05, 3.63) is 70.8 Å². The first-order chi connectivity index (χ1) is 16.0. The maximum atomic E-state index is 14.5. The summed E-state index contributed by atoms with van der Waals surface area (Å²) in [6.07, 6.45) is 3.95. The van der Waals surface area contributed by atoms with Crippen LogP contribution in [-0.4, -0.2) is 58.8 Å². The fraction of sp³-hybridized carbons (Fsp3) is 0.346. The number of anilines is 1. The molecule has 5 nitrogen and oxygen atoms in total. The molecule has 0 aliphatic carbocycles. The highest BCUT2D eigenvalue weighted by molar-refractivity contribution is 6.35. The Bertz CT molecular complexity index is 1320. The summed E-state index contributed by atoms with van der Waals surface area (Å²) in [6, 6.07) is 11.7. The fourth-order valence-corrected chi connectivity index (χ4v) is 5.41. The minimum absolute atomic E-state index is 0.338. The number of hydrogen-bond donors (Lipinski definition) is 0. The highest BCUT2D eigenvalue weighted by atomic mass is 35.5. The number of nitrogens with zero attached hydrogens (tertiary/aromatic N) is 5. The molecule has 5 heterocycles. The van der Waals surface area contributed by atoms with E-state index in [0.717, 1.165) is 47.0 Å². The predicted molar refractivity (Wildman–Crippen MR) is 132 cm³/mol. The van der Waals surface area contributed by atoms with Crippen LogP contribution in [-0.2, 0) is 0 Å². The average Bonchev–Trinajstić information content (AvgIpc) is 3.40. The number of aromatic nitrogens is 2. The molecule has 33 heavy (non-hydrogen) atoms. The monoisotopic (exact) mass is 461 g/mol. The molecule has 2 aromatic heterocycles. The third-order valence-electron chi connectivity index (χ3n) is 7.11. The lowest BCUT2D eigenvalue weighted by Gasteiger charge is -2.45. The van der Waals surface area contributed by atoms with Gasteiger partial charge in [-0.3, -0.25) is 14.9 Å². The Balaban J connectivity index is 1.31. The molecule has 168 valence electrons. The Morgan fingerprint density at radius 2 is 1.94 bits per heavy atom. The fourth-order valence-electron chi connectivity index (χ4n) is 5.24. The lowest BCUT2D eigenvalue weighted by molar-refractivity contribution is 0.269. The van der Waals surface area contributed by atoms with E-state index in [2.05, 4.69) is 39.7 Å². The molecule has 1 aromatic carbocycles. The molecular weight excluding hydrogens is 437 g/mol. The van der Waals surface area contributed by atoms with Gasteiger partial charge in [0.1, 0.15) is 5.82 Å². The van der Waals surface area contributed by atoms with Crippen molar-refractivity contribution in [2.45, 2.75) is 25.9 Å². The van der Waals surface area contributed by atoms with E-state index in [9.17, 15) is 4.39 Å². The molecule has 0 amide bonds. The summed E-state index contributed by atoms with van der Waals surface area (Å²) in [5, 5.41) is 0.483. The van der Waals surface area contributed by atoms with E-state index in [1.54, 1.807) is 12.1 Å². The van der Waals surface area contributed by atoms with Crippen LogP contribution in [0.5, 0.6) is 0 Å². The van der Waals surface area contributed by atoms with Crippen molar-refractivity contribution in [2.24, 2.45) is 10.9 Å². The SMILES string of the molecule is CC(C)N1CC2CN(c3cnc4ccc(C5=CCN=C5c5cc(Cl)ccc5F)nc4c3)C2C1. The molecule has 0 bridgehead atoms. The Hall–Kier alpha value is -2.83. The molecule has 2 atom stereocenters. The van der Waals surface area contributed by atoms with Gasteiger partial charge in [0.05, 0.1) is 40.9 Å². The van der Waals surface area contributed by atoms with Gasteiger partial charge >= 0.3 is 0 Å². The first kappa shape index (κ1) is 20.8. The Labute approximate surface area is 197 Å². The van der Waals surface area contributed by atoms with Crippen molar-refractivity contribution < 1.29 is 4.39 Å². The summed E-state index contributed by atoms with van der Waals surface area (Å²) in [6.45, 7) is 8.38. The van der Waals surface area contributed by atoms with E-state index >= 15 is 0 Å². The molecule has 0 spiro atoms. The second kappa shape index (κ2) is 7.89. The Morgan fingerprint density at radius 3 is 2.79 bits per heavy atom. The third-order valence-corrected chi connectivity index (χ3v) is 7.35. The summed E-state index contributed by atoms with van der Waals surface area (Å²) in [7, 11) is 0. The second-order valence-electron chi connectivity index (χ2n) is 9.39. The highest BCUT2D eigenvalue weighted by Gasteiger charge is 2.46. The van der Waals surface area contributed by atoms with Crippen LogP contribution < -0.4 is 4.90 Å². The molecule has 2 unspecified atom stereocenters. The lowest BCUT2D eigenvalue weighted by Crippen LogP contribution is -2.55. The first-order valence-electron chi connectivity index (χ1n) is 11.5. The van der Waals surface area contributed by atoms with Crippen molar-refractivity contribution in [2.75, 3.05) is 31.1 Å². The number of fused-ring (bicyclic) bond motifs is 2. The number of likely N-dealkylation sites (tertiary alicyclic amines) is 1. The van der Waals surface area contributed by atoms with Gasteiger partial charge in [0.25, 0.3) is 0 Å². The maximum absolute atomic E-state index is 14.5. The minimum atomic E-state index is -0.338. The van der Waals surface area contributed by atoms with Gasteiger partial charge in [-0.25, -0.2) is 9.37 Å². The molecule has 0 saturated carbocycles. The summed E-state index contributed by atoms with van der Waals surface area (Å²) in [5.74, 6) is 0.396. The zero-order chi connectivity index (χ0) is 22.7. The molecule has 2 saturated heterocycles. The van der Waals surface area contributed by atoms with Gasteiger partial charge in [0, 0.05) is 53.8 Å². The Morgan fingerprint density at radius 1 is 1.06 bits per heavy atom. The number of pyridine rings is 2. The lowest BCUT2D eigenvalue weighted by atomic mass is 9.91. The van der Waals surface area contributed by atoms with Crippen LogP contribution in [0, 0.1) is 11.7 Å². The molecule has 0 radical (unpaired) electrons. The molecular formula is C26H25ClFN5. The summed E-state index contributed by atoms with van der Waals surface area (Å²) < 4.78 is 14.5. The van der Waals surface area contributed by atoms with Crippen molar-refractivity contribution in [1.29, 1.82) is 0 Å². The third kappa shape index (κ3) is 3.52. The largest absolute Gasteiger partial charge is 0.365 e. The summed E-state index contributed by atoms with van der Waals surface area (Å²) in [5.41, 5.74) is 5.40. The smallest absolute Gasteiger partial charge is 0.132 e. The maximum Gasteiger partial charge on any atom is 0.132 e. The standard InChI is InChI=1S/C26H25ClFN5/c1-15(2)32-12-16-13-33(25(16)14-32)18-10-24-23(30-11-18)6-5-22(31-24)19-7-8-29-26(19)20-9-17(27)3-4-21(20)28/h3-7,9-11,15-16,25H,8,12-14H2,1-2H3. The molecule has 6 rings (SSSR count). The van der Waals surface area contributed by atoms with Crippen LogP contribution in [0.4, 0.5) is 10.1 Å². The minimum Gasteiger partial charge on any atom is -0.365 e. The van der Waals surface area contributed by atoms with Crippen molar-refractivity contribution in [3.63, 3.8) is 0 Å². The predicted octanol–water partition coefficient (Wildman–Crippen LogP) is 4.84. The quantitative estimate of drug-likeness (QED) is 0.557. The van der Waals surface area contributed by atoms with E-state index in [1.807, 2.05) is 24.4 Å². The molecule has 0 N–H and O–H groups in total. The van der Waals surface area contributed by atoms with Crippen LogP contribution in [0.2, 0.25) is 5.02 Å². The van der Waals surface area contributed by atoms with Gasteiger partial charge in [0.2, 0.25) is 0 Å². The number of aliphatic imine (C=N–C) groups is 1. The molecule has 3 aliphatic rings. The van der Waals surface area contributed by atoms with Crippen LogP contribution in [0.1, 0.15) is 25.1 Å². The van der Waals surface area contributed by atoms with E-state index in [1.165, 1.54) is 12.6 Å². The second-order valence-corrected chi connectivity index (χ2v) is 9.82. The highest BCUT2D eigenvalue weighted by Crippen LogP contribution is 2.37. The van der Waals surface area contributed by atoms with E-state index < -0.39 is 0 Å². The topological polar surface area (TPSA) is 44.6 Å². The normalized spacial score (nSPS) is 22.5. The van der Waals surface area contributed by atoms with Gasteiger partial charge in [-0.1, -0.05) is 17.7 Å². The zero-order valence-electron chi connectivity index (χ0n) is 18.7. The zero-order valence-corrected chi connectivity index (χ0v) is 19.4. The van der Waals surface area contributed by atoms with Crippen molar-refractivity contribution in [3.8, 4) is 0 Å². The Kier molecular flexibility index (Phi) is 4.96. The van der Waals surface area contributed by atoms with Gasteiger partial charge in [-0.2, -0.15) is 0 Å². The van der Waals surface area contributed by atoms with Crippen LogP contribution in [0.25, 0.3) is 16.6 Å². The number of hydrogen-bond acceptors (Lipinski definition) is 5. The molecule has 7 heteroatoms. The molecule has 2 fully saturated rings. The van der Waals surface area contributed by atoms with Crippen LogP contribution in [0.3, 0.4) is 0 Å². The number of allylic oxidation sites excluding steroid dienone is 1. The van der Waals surface area contributed by atoms with Crippen LogP contribution >= 0.6 is 11.6 Å². The summed E-state index contributed by atoms with van der Waals surface area (Å²) in [4.78, 5) is 19.1. The van der Waals surface area contributed by atoms with Crippen molar-refractivity contribution in [1.82, 2.24) is 14.9 Å². The first-order valence-corrected chi connectivity index (χ1v) is 11.8. The van der Waals surface area contributed by atoms with Gasteiger partial charge < -0.3 is 4.90 Å². The van der Waals surface area contributed by atoms with Crippen molar-refractivity contribution >= 4 is 39.6 Å². The van der Waals surface area contributed by atoms with Crippen LogP contribution in [0.15, 0.2) is 53.7 Å². The molecule has 3 aliphatic heterocycles. The number of rotatable bonds is 4. The molecule has 3 aromatic rings. The summed E-state index contributed by atoms with van der Waals surface area (Å²) >= 11 is 6.13. The number of benzene rings is 1.